The second kappa shape index (κ2) is 7.50. The minimum absolute atomic E-state index is 0.0432. The molecule has 1 aromatic carbocycles. The molecule has 0 saturated carbocycles. The van der Waals surface area contributed by atoms with E-state index in [2.05, 4.69) is 19.2 Å². The Labute approximate surface area is 121 Å². The molecule has 6 heteroatoms. The molecule has 0 bridgehead atoms. The summed E-state index contributed by atoms with van der Waals surface area (Å²) in [5, 5.41) is 8.39. The van der Waals surface area contributed by atoms with E-state index in [0.717, 1.165) is 13.0 Å². The van der Waals surface area contributed by atoms with Gasteiger partial charge < -0.3 is 11.1 Å². The molecular formula is C14H25N3O2S. The lowest BCUT2D eigenvalue weighted by atomic mass is 9.99. The summed E-state index contributed by atoms with van der Waals surface area (Å²) in [6, 6.07) is 4.62. The number of nitrogens with one attached hydrogen (secondary N) is 1. The van der Waals surface area contributed by atoms with Gasteiger partial charge in [0.15, 0.2) is 0 Å². The number of unbranched alkanes of at least 4 members (excludes halogenated alkanes) is 1. The molecule has 1 rings (SSSR count). The van der Waals surface area contributed by atoms with Crippen molar-refractivity contribution in [1.82, 2.24) is 0 Å². The van der Waals surface area contributed by atoms with Gasteiger partial charge in [-0.15, -0.1) is 0 Å². The van der Waals surface area contributed by atoms with E-state index in [-0.39, 0.29) is 4.90 Å². The van der Waals surface area contributed by atoms with Gasteiger partial charge in [-0.05, 0) is 30.5 Å². The van der Waals surface area contributed by atoms with Gasteiger partial charge in [0.25, 0.3) is 0 Å². The fraction of sp³-hybridized carbons (Fsp3) is 0.571. The largest absolute Gasteiger partial charge is 0.399 e. The zero-order chi connectivity index (χ0) is 15.2. The van der Waals surface area contributed by atoms with Gasteiger partial charge in [-0.2, -0.15) is 0 Å². The van der Waals surface area contributed by atoms with Crippen LogP contribution in [0.15, 0.2) is 23.1 Å². The summed E-state index contributed by atoms with van der Waals surface area (Å²) >= 11 is 0. The van der Waals surface area contributed by atoms with Gasteiger partial charge in [-0.3, -0.25) is 0 Å². The first kappa shape index (κ1) is 16.8. The van der Waals surface area contributed by atoms with Gasteiger partial charge >= 0.3 is 0 Å². The predicted molar refractivity (Wildman–Crippen MR) is 84.0 cm³/mol. The molecule has 5 nitrogen and oxygen atoms in total. The average Bonchev–Trinajstić information content (AvgIpc) is 2.37. The molecule has 1 aromatic rings. The van der Waals surface area contributed by atoms with Crippen molar-refractivity contribution in [3.8, 4) is 0 Å². The molecule has 0 spiro atoms. The molecule has 0 aliphatic heterocycles. The maximum atomic E-state index is 11.4. The van der Waals surface area contributed by atoms with Crippen LogP contribution in [0.2, 0.25) is 0 Å². The van der Waals surface area contributed by atoms with Gasteiger partial charge in [0.05, 0.1) is 4.90 Å². The minimum atomic E-state index is -3.73. The quantitative estimate of drug-likeness (QED) is 0.642. The lowest BCUT2D eigenvalue weighted by Crippen LogP contribution is -2.16. The number of sulfonamides is 1. The van der Waals surface area contributed by atoms with Crippen molar-refractivity contribution < 1.29 is 8.42 Å². The van der Waals surface area contributed by atoms with Gasteiger partial charge in [-0.1, -0.05) is 33.1 Å². The van der Waals surface area contributed by atoms with E-state index in [1.165, 1.54) is 31.4 Å². The Morgan fingerprint density at radius 2 is 1.95 bits per heavy atom. The molecular weight excluding hydrogens is 274 g/mol. The zero-order valence-corrected chi connectivity index (χ0v) is 13.0. The van der Waals surface area contributed by atoms with Crippen molar-refractivity contribution >= 4 is 21.4 Å². The lowest BCUT2D eigenvalue weighted by molar-refractivity contribution is 0.473. The fourth-order valence-electron chi connectivity index (χ4n) is 2.09. The number of hydrogen-bond donors (Lipinski definition) is 3. The zero-order valence-electron chi connectivity index (χ0n) is 12.2. The summed E-state index contributed by atoms with van der Waals surface area (Å²) < 4.78 is 22.7. The molecule has 1 atom stereocenters. The normalized spacial score (nSPS) is 13.2. The van der Waals surface area contributed by atoms with Crippen LogP contribution in [-0.2, 0) is 10.0 Å². The molecule has 0 fully saturated rings. The fourth-order valence-corrected chi connectivity index (χ4v) is 2.69. The molecule has 0 aromatic heterocycles. The molecule has 0 saturated heterocycles. The summed E-state index contributed by atoms with van der Waals surface area (Å²) in [7, 11) is -3.73. The Kier molecular flexibility index (Phi) is 6.29. The number of nitrogens with two attached hydrogens (primary N) is 2. The molecule has 0 aliphatic carbocycles. The standard InChI is InChI=1S/C14H25N3O2S/c1-3-5-6-11(4-2)10-17-13-7-12(15)8-14(9-13)20(16,18)19/h7-9,11,17H,3-6,10,15H2,1-2H3,(H2,16,18,19). The van der Waals surface area contributed by atoms with E-state index in [9.17, 15) is 8.42 Å². The van der Waals surface area contributed by atoms with Gasteiger partial charge in [-0.25, -0.2) is 13.6 Å². The second-order valence-electron chi connectivity index (χ2n) is 5.13. The van der Waals surface area contributed by atoms with E-state index >= 15 is 0 Å². The average molecular weight is 299 g/mol. The first-order valence-corrected chi connectivity index (χ1v) is 8.58. The van der Waals surface area contributed by atoms with E-state index in [1.54, 1.807) is 6.07 Å². The summed E-state index contributed by atoms with van der Waals surface area (Å²) in [4.78, 5) is 0.0432. The number of anilines is 2. The smallest absolute Gasteiger partial charge is 0.238 e. The third-order valence-corrected chi connectivity index (χ3v) is 4.29. The molecule has 114 valence electrons. The van der Waals surface area contributed by atoms with Crippen molar-refractivity contribution in [2.75, 3.05) is 17.6 Å². The van der Waals surface area contributed by atoms with Crippen molar-refractivity contribution in [1.29, 1.82) is 0 Å². The van der Waals surface area contributed by atoms with E-state index in [1.807, 2.05) is 0 Å². The van der Waals surface area contributed by atoms with Crippen LogP contribution in [0.4, 0.5) is 11.4 Å². The first-order chi connectivity index (χ1) is 9.36. The van der Waals surface area contributed by atoms with Crippen molar-refractivity contribution in [3.05, 3.63) is 18.2 Å². The van der Waals surface area contributed by atoms with Gasteiger partial charge in [0.1, 0.15) is 0 Å². The molecule has 0 amide bonds. The first-order valence-electron chi connectivity index (χ1n) is 7.04. The van der Waals surface area contributed by atoms with Crippen LogP contribution in [-0.4, -0.2) is 15.0 Å². The van der Waals surface area contributed by atoms with Crippen LogP contribution in [0.3, 0.4) is 0 Å². The van der Waals surface area contributed by atoms with E-state index < -0.39 is 10.0 Å². The van der Waals surface area contributed by atoms with Crippen LogP contribution in [0.25, 0.3) is 0 Å². The minimum Gasteiger partial charge on any atom is -0.399 e. The predicted octanol–water partition coefficient (Wildman–Crippen LogP) is 2.54. The SMILES string of the molecule is CCCCC(CC)CNc1cc(N)cc(S(N)(=O)=O)c1. The molecule has 0 heterocycles. The Morgan fingerprint density at radius 3 is 2.50 bits per heavy atom. The highest BCUT2D eigenvalue weighted by molar-refractivity contribution is 7.89. The highest BCUT2D eigenvalue weighted by atomic mass is 32.2. The summed E-state index contributed by atoms with van der Waals surface area (Å²) in [5.74, 6) is 0.578. The Bertz CT molecular complexity index is 529. The lowest BCUT2D eigenvalue weighted by Gasteiger charge is -2.16. The highest BCUT2D eigenvalue weighted by Crippen LogP contribution is 2.21. The Balaban J connectivity index is 2.75. The third kappa shape index (κ3) is 5.38. The van der Waals surface area contributed by atoms with E-state index in [0.29, 0.717) is 17.3 Å². The van der Waals surface area contributed by atoms with Gasteiger partial charge in [0.2, 0.25) is 10.0 Å². The molecule has 0 aliphatic rings. The summed E-state index contributed by atoms with van der Waals surface area (Å²) in [5.41, 5.74) is 6.80. The molecule has 1 unspecified atom stereocenters. The van der Waals surface area contributed by atoms with Gasteiger partial charge in [0, 0.05) is 17.9 Å². The Hall–Kier alpha value is -1.27. The van der Waals surface area contributed by atoms with Crippen LogP contribution in [0.1, 0.15) is 39.5 Å². The highest BCUT2D eigenvalue weighted by Gasteiger charge is 2.11. The molecule has 20 heavy (non-hydrogen) atoms. The number of hydrogen-bond acceptors (Lipinski definition) is 4. The topological polar surface area (TPSA) is 98.2 Å². The number of primary sulfonamides is 1. The number of nitrogen functional groups attached to an aromatic ring is 1. The van der Waals surface area contributed by atoms with Crippen molar-refractivity contribution in [2.24, 2.45) is 11.1 Å². The molecule has 0 radical (unpaired) electrons. The summed E-state index contributed by atoms with van der Waals surface area (Å²) in [6.07, 6.45) is 4.66. The monoisotopic (exact) mass is 299 g/mol. The maximum absolute atomic E-state index is 11.4. The van der Waals surface area contributed by atoms with Crippen molar-refractivity contribution in [3.63, 3.8) is 0 Å². The third-order valence-electron chi connectivity index (χ3n) is 3.40. The number of benzene rings is 1. The van der Waals surface area contributed by atoms with Crippen LogP contribution in [0.5, 0.6) is 0 Å². The Morgan fingerprint density at radius 1 is 1.25 bits per heavy atom. The van der Waals surface area contributed by atoms with Crippen LogP contribution >= 0.6 is 0 Å². The number of rotatable bonds is 8. The van der Waals surface area contributed by atoms with Crippen molar-refractivity contribution in [2.45, 2.75) is 44.4 Å². The summed E-state index contributed by atoms with van der Waals surface area (Å²) in [6.45, 7) is 5.15. The second-order valence-corrected chi connectivity index (χ2v) is 6.69. The van der Waals surface area contributed by atoms with Crippen LogP contribution < -0.4 is 16.2 Å². The molecule has 5 N–H and O–H groups in total. The maximum Gasteiger partial charge on any atom is 0.238 e. The van der Waals surface area contributed by atoms with E-state index in [4.69, 9.17) is 10.9 Å². The van der Waals surface area contributed by atoms with Crippen LogP contribution in [0, 0.1) is 5.92 Å².